The second-order valence-electron chi connectivity index (χ2n) is 3.56. The highest BCUT2D eigenvalue weighted by Gasteiger charge is 2.06. The Bertz CT molecular complexity index is 573. The van der Waals surface area contributed by atoms with Crippen molar-refractivity contribution >= 4 is 23.5 Å². The smallest absolute Gasteiger partial charge is 0.143 e. The van der Waals surface area contributed by atoms with Crippen LogP contribution in [0.2, 0.25) is 5.02 Å². The fraction of sp³-hybridized carbons (Fsp3) is 0. The number of anilines is 1. The zero-order valence-electron chi connectivity index (χ0n) is 9.27. The first-order valence-electron chi connectivity index (χ1n) is 5.19. The zero-order chi connectivity index (χ0) is 13.0. The van der Waals surface area contributed by atoms with Gasteiger partial charge in [-0.2, -0.15) is 5.10 Å². The van der Waals surface area contributed by atoms with Crippen LogP contribution in [0.4, 0.5) is 10.1 Å². The lowest BCUT2D eigenvalue weighted by molar-refractivity contribution is 0.472. The normalized spacial score (nSPS) is 10.8. The van der Waals surface area contributed by atoms with Crippen LogP contribution in [0, 0.1) is 5.82 Å². The van der Waals surface area contributed by atoms with Crippen molar-refractivity contribution in [3.8, 4) is 5.75 Å². The van der Waals surface area contributed by atoms with Gasteiger partial charge >= 0.3 is 0 Å². The maximum absolute atomic E-state index is 13.1. The molecule has 0 radical (unpaired) electrons. The van der Waals surface area contributed by atoms with Crippen LogP contribution in [-0.2, 0) is 0 Å². The number of aromatic hydroxyl groups is 1. The Labute approximate surface area is 109 Å². The monoisotopic (exact) mass is 264 g/mol. The number of hydrazone groups is 1. The van der Waals surface area contributed by atoms with Crippen molar-refractivity contribution in [1.82, 2.24) is 0 Å². The molecule has 0 spiro atoms. The number of phenols is 1. The van der Waals surface area contributed by atoms with Gasteiger partial charge in [-0.3, -0.25) is 5.43 Å². The molecule has 0 unspecified atom stereocenters. The number of rotatable bonds is 3. The molecule has 5 heteroatoms. The lowest BCUT2D eigenvalue weighted by Crippen LogP contribution is -1.92. The molecule has 0 aliphatic rings. The molecule has 2 aromatic carbocycles. The number of nitrogens with zero attached hydrogens (tertiary/aromatic N) is 1. The first-order chi connectivity index (χ1) is 8.66. The molecule has 0 amide bonds. The number of nitrogens with one attached hydrogen (secondary N) is 1. The molecule has 2 N–H and O–H groups in total. The highest BCUT2D eigenvalue weighted by atomic mass is 35.5. The Morgan fingerprint density at radius 3 is 2.67 bits per heavy atom. The molecular formula is C13H10ClFN2O. The third kappa shape index (κ3) is 2.99. The molecule has 0 aliphatic carbocycles. The second kappa shape index (κ2) is 5.51. The molecule has 0 aromatic heterocycles. The van der Waals surface area contributed by atoms with Crippen molar-refractivity contribution < 1.29 is 9.50 Å². The highest BCUT2D eigenvalue weighted by Crippen LogP contribution is 2.27. The SMILES string of the molecule is Oc1c(Cl)cc(F)cc1C=NNc1ccccc1. The predicted molar refractivity (Wildman–Crippen MR) is 70.7 cm³/mol. The molecule has 0 bridgehead atoms. The van der Waals surface area contributed by atoms with E-state index in [0.29, 0.717) is 0 Å². The summed E-state index contributed by atoms with van der Waals surface area (Å²) in [6.07, 6.45) is 1.30. The largest absolute Gasteiger partial charge is 0.506 e. The molecule has 0 heterocycles. The van der Waals surface area contributed by atoms with Crippen LogP contribution in [0.3, 0.4) is 0 Å². The molecule has 3 nitrogen and oxygen atoms in total. The number of para-hydroxylation sites is 1. The van der Waals surface area contributed by atoms with E-state index < -0.39 is 5.82 Å². The van der Waals surface area contributed by atoms with E-state index in [-0.39, 0.29) is 16.3 Å². The molecule has 92 valence electrons. The van der Waals surface area contributed by atoms with E-state index in [1.165, 1.54) is 6.21 Å². The van der Waals surface area contributed by atoms with Gasteiger partial charge in [0.2, 0.25) is 0 Å². The van der Waals surface area contributed by atoms with Crippen molar-refractivity contribution in [2.75, 3.05) is 5.43 Å². The molecule has 2 aromatic rings. The summed E-state index contributed by atoms with van der Waals surface area (Å²) in [5.74, 6) is -0.726. The summed E-state index contributed by atoms with van der Waals surface area (Å²) in [5.41, 5.74) is 3.75. The first-order valence-corrected chi connectivity index (χ1v) is 5.57. The molecule has 2 rings (SSSR count). The van der Waals surface area contributed by atoms with Crippen molar-refractivity contribution in [1.29, 1.82) is 0 Å². The minimum atomic E-state index is -0.529. The molecule has 0 fully saturated rings. The summed E-state index contributed by atoms with van der Waals surface area (Å²) in [6, 6.07) is 11.4. The van der Waals surface area contributed by atoms with Gasteiger partial charge in [-0.15, -0.1) is 0 Å². The van der Waals surface area contributed by atoms with Gasteiger partial charge in [0.1, 0.15) is 11.6 Å². The van der Waals surface area contributed by atoms with Gasteiger partial charge in [0, 0.05) is 5.56 Å². The summed E-state index contributed by atoms with van der Waals surface area (Å²) in [6.45, 7) is 0. The molecular weight excluding hydrogens is 255 g/mol. The maximum atomic E-state index is 13.1. The zero-order valence-corrected chi connectivity index (χ0v) is 10.0. The lowest BCUT2D eigenvalue weighted by atomic mass is 10.2. The van der Waals surface area contributed by atoms with Gasteiger partial charge < -0.3 is 5.11 Å². The predicted octanol–water partition coefficient (Wildman–Crippen LogP) is 3.63. The third-order valence-corrected chi connectivity index (χ3v) is 2.52. The summed E-state index contributed by atoms with van der Waals surface area (Å²) in [7, 11) is 0. The van der Waals surface area contributed by atoms with Crippen molar-refractivity contribution in [2.24, 2.45) is 5.10 Å². The average Bonchev–Trinajstić information content (AvgIpc) is 2.36. The van der Waals surface area contributed by atoms with Gasteiger partial charge in [-0.1, -0.05) is 29.8 Å². The Balaban J connectivity index is 2.15. The summed E-state index contributed by atoms with van der Waals surface area (Å²) in [5, 5.41) is 13.5. The van der Waals surface area contributed by atoms with Crippen molar-refractivity contribution in [3.63, 3.8) is 0 Å². The van der Waals surface area contributed by atoms with Gasteiger partial charge in [-0.05, 0) is 24.3 Å². The fourth-order valence-electron chi connectivity index (χ4n) is 1.37. The average molecular weight is 265 g/mol. The summed E-state index contributed by atoms with van der Waals surface area (Å²) >= 11 is 5.64. The van der Waals surface area contributed by atoms with Gasteiger partial charge in [-0.25, -0.2) is 4.39 Å². The fourth-order valence-corrected chi connectivity index (χ4v) is 1.59. The molecule has 18 heavy (non-hydrogen) atoms. The topological polar surface area (TPSA) is 44.6 Å². The van der Waals surface area contributed by atoms with Gasteiger partial charge in [0.05, 0.1) is 16.9 Å². The number of phenolic OH excluding ortho intramolecular Hbond substituents is 1. The first kappa shape index (κ1) is 12.4. The van der Waals surface area contributed by atoms with Crippen molar-refractivity contribution in [2.45, 2.75) is 0 Å². The third-order valence-electron chi connectivity index (χ3n) is 2.23. The number of benzene rings is 2. The van der Waals surface area contributed by atoms with E-state index in [2.05, 4.69) is 10.5 Å². The van der Waals surface area contributed by atoms with Crippen LogP contribution < -0.4 is 5.43 Å². The molecule has 0 saturated carbocycles. The van der Waals surface area contributed by atoms with E-state index >= 15 is 0 Å². The Kier molecular flexibility index (Phi) is 3.79. The Hall–Kier alpha value is -2.07. The van der Waals surface area contributed by atoms with E-state index in [0.717, 1.165) is 17.8 Å². The molecule has 0 atom stereocenters. The van der Waals surface area contributed by atoms with Gasteiger partial charge in [0.15, 0.2) is 0 Å². The maximum Gasteiger partial charge on any atom is 0.143 e. The van der Waals surface area contributed by atoms with E-state index in [1.807, 2.05) is 30.3 Å². The van der Waals surface area contributed by atoms with Crippen LogP contribution >= 0.6 is 11.6 Å². The van der Waals surface area contributed by atoms with Crippen LogP contribution in [0.25, 0.3) is 0 Å². The number of halogens is 2. The van der Waals surface area contributed by atoms with Crippen LogP contribution in [-0.4, -0.2) is 11.3 Å². The Morgan fingerprint density at radius 2 is 1.94 bits per heavy atom. The number of hydrogen-bond donors (Lipinski definition) is 2. The van der Waals surface area contributed by atoms with Crippen LogP contribution in [0.1, 0.15) is 5.56 Å². The minimum Gasteiger partial charge on any atom is -0.506 e. The Morgan fingerprint density at radius 1 is 1.22 bits per heavy atom. The van der Waals surface area contributed by atoms with Crippen LogP contribution in [0.15, 0.2) is 47.6 Å². The van der Waals surface area contributed by atoms with E-state index in [1.54, 1.807) is 0 Å². The standard InChI is InChI=1S/C13H10ClFN2O/c14-12-7-10(15)6-9(13(12)18)8-16-17-11-4-2-1-3-5-11/h1-8,17-18H. The van der Waals surface area contributed by atoms with Crippen molar-refractivity contribution in [3.05, 3.63) is 58.9 Å². The quantitative estimate of drug-likeness (QED) is 0.657. The molecule has 0 aliphatic heterocycles. The summed E-state index contributed by atoms with van der Waals surface area (Å²) < 4.78 is 13.1. The minimum absolute atomic E-state index is 0.0452. The number of hydrogen-bond acceptors (Lipinski definition) is 3. The molecule has 0 saturated heterocycles. The highest BCUT2D eigenvalue weighted by molar-refractivity contribution is 6.32. The van der Waals surface area contributed by atoms with Gasteiger partial charge in [0.25, 0.3) is 0 Å². The van der Waals surface area contributed by atoms with E-state index in [4.69, 9.17) is 11.6 Å². The van der Waals surface area contributed by atoms with Crippen LogP contribution in [0.5, 0.6) is 5.75 Å². The lowest BCUT2D eigenvalue weighted by Gasteiger charge is -2.02. The summed E-state index contributed by atoms with van der Waals surface area (Å²) in [4.78, 5) is 0. The second-order valence-corrected chi connectivity index (χ2v) is 3.97. The van der Waals surface area contributed by atoms with E-state index in [9.17, 15) is 9.50 Å².